The van der Waals surface area contributed by atoms with Gasteiger partial charge in [0, 0.05) is 6.92 Å². The minimum absolute atomic E-state index is 0.125. The predicted octanol–water partition coefficient (Wildman–Crippen LogP) is -0.499. The van der Waals surface area contributed by atoms with Crippen molar-refractivity contribution in [2.45, 2.75) is 6.92 Å². The third kappa shape index (κ3) is 374. The molecule has 0 fully saturated rings. The highest BCUT2D eigenvalue weighted by molar-refractivity contribution is 4.51. The zero-order valence-electron chi connectivity index (χ0n) is 4.26. The zero-order valence-corrected chi connectivity index (χ0v) is 4.26. The maximum Gasteiger partial charge on any atom is 0.0662 e. The fraction of sp³-hybridized carbons (Fsp3) is 0.750. The first-order chi connectivity index (χ1) is 3.33. The van der Waals surface area contributed by atoms with E-state index < -0.39 is 0 Å². The van der Waals surface area contributed by atoms with E-state index in [9.17, 15) is 0 Å². The van der Waals surface area contributed by atoms with Gasteiger partial charge in [0.25, 0.3) is 0 Å². The van der Waals surface area contributed by atoms with E-state index in [-0.39, 0.29) is 13.2 Å². The van der Waals surface area contributed by atoms with E-state index in [0.29, 0.717) is 0 Å². The van der Waals surface area contributed by atoms with Crippen molar-refractivity contribution in [3.05, 3.63) is 0 Å². The van der Waals surface area contributed by atoms with Crippen molar-refractivity contribution in [3.63, 3.8) is 0 Å². The first kappa shape index (κ1) is 9.65. The minimum Gasteiger partial charge on any atom is -0.394 e. The summed E-state index contributed by atoms with van der Waals surface area (Å²) in [5.74, 6) is 0. The van der Waals surface area contributed by atoms with Crippen LogP contribution >= 0.6 is 0 Å². The molecule has 0 saturated carbocycles. The summed E-state index contributed by atoms with van der Waals surface area (Å²) in [5, 5.41) is 22.6. The van der Waals surface area contributed by atoms with E-state index in [1.165, 1.54) is 6.92 Å². The summed E-state index contributed by atoms with van der Waals surface area (Å²) in [7, 11) is 0. The number of aliphatic hydroxyl groups is 2. The van der Waals surface area contributed by atoms with Crippen molar-refractivity contribution < 1.29 is 10.2 Å². The van der Waals surface area contributed by atoms with Gasteiger partial charge >= 0.3 is 0 Å². The molecule has 3 heteroatoms. The Bertz CT molecular complexity index is 46.1. The van der Waals surface area contributed by atoms with E-state index in [4.69, 9.17) is 15.5 Å². The molecule has 0 aromatic carbocycles. The van der Waals surface area contributed by atoms with Crippen LogP contribution in [0.5, 0.6) is 0 Å². The van der Waals surface area contributed by atoms with Gasteiger partial charge in [-0.15, -0.1) is 0 Å². The van der Waals surface area contributed by atoms with Gasteiger partial charge in [-0.3, -0.25) is 0 Å². The van der Waals surface area contributed by atoms with E-state index in [1.54, 1.807) is 6.07 Å². The van der Waals surface area contributed by atoms with Crippen LogP contribution in [-0.4, -0.2) is 23.4 Å². The Morgan fingerprint density at radius 3 is 1.57 bits per heavy atom. The highest BCUT2D eigenvalue weighted by Gasteiger charge is 1.58. The van der Waals surface area contributed by atoms with Crippen LogP contribution in [0.3, 0.4) is 0 Å². The molecule has 0 bridgehead atoms. The van der Waals surface area contributed by atoms with Gasteiger partial charge < -0.3 is 10.2 Å². The van der Waals surface area contributed by atoms with E-state index in [2.05, 4.69) is 0 Å². The lowest BCUT2D eigenvalue weighted by Gasteiger charge is -1.70. The number of aliphatic hydroxyl groups excluding tert-OH is 2. The van der Waals surface area contributed by atoms with Gasteiger partial charge in [-0.1, -0.05) is 0 Å². The summed E-state index contributed by atoms with van der Waals surface area (Å²) in [5.41, 5.74) is 0. The average molecular weight is 103 g/mol. The quantitative estimate of drug-likeness (QED) is 0.470. The standard InChI is InChI=1S/C2H3N.C2H6O2/c1-2-3;3-1-2-4/h1H3;3-4H,1-2H2. The van der Waals surface area contributed by atoms with Crippen molar-refractivity contribution in [2.75, 3.05) is 13.2 Å². The number of hydrogen-bond acceptors (Lipinski definition) is 3. The Morgan fingerprint density at radius 2 is 1.57 bits per heavy atom. The second kappa shape index (κ2) is 18.1. The lowest BCUT2D eigenvalue weighted by molar-refractivity contribution is 0.186. The van der Waals surface area contributed by atoms with Crippen LogP contribution in [0.4, 0.5) is 0 Å². The largest absolute Gasteiger partial charge is 0.394 e. The second-order valence-corrected chi connectivity index (χ2v) is 0.671. The van der Waals surface area contributed by atoms with Crippen LogP contribution in [0.15, 0.2) is 0 Å². The van der Waals surface area contributed by atoms with Crippen molar-refractivity contribution in [1.29, 1.82) is 5.26 Å². The number of rotatable bonds is 1. The Morgan fingerprint density at radius 1 is 1.43 bits per heavy atom. The molecule has 0 spiro atoms. The molecule has 0 radical (unpaired) electrons. The number of nitrogens with zero attached hydrogens (tertiary/aromatic N) is 1. The number of nitriles is 1. The van der Waals surface area contributed by atoms with Crippen molar-refractivity contribution in [2.24, 2.45) is 0 Å². The maximum atomic E-state index is 7.62. The van der Waals surface area contributed by atoms with Crippen LogP contribution in [0, 0.1) is 11.3 Å². The van der Waals surface area contributed by atoms with E-state index >= 15 is 0 Å². The van der Waals surface area contributed by atoms with Crippen LogP contribution in [-0.2, 0) is 0 Å². The first-order valence-corrected chi connectivity index (χ1v) is 1.86. The summed E-state index contributed by atoms with van der Waals surface area (Å²) in [6.45, 7) is 1.18. The summed E-state index contributed by atoms with van der Waals surface area (Å²) in [6.07, 6.45) is 0. The molecule has 0 saturated heterocycles. The van der Waals surface area contributed by atoms with Crippen molar-refractivity contribution in [1.82, 2.24) is 0 Å². The topological polar surface area (TPSA) is 64.2 Å². The second-order valence-electron chi connectivity index (χ2n) is 0.671. The third-order valence-electron chi connectivity index (χ3n) is 0.1000. The molecule has 0 atom stereocenters. The molecule has 0 aromatic rings. The molecule has 0 amide bonds. The van der Waals surface area contributed by atoms with Crippen LogP contribution in [0.1, 0.15) is 6.92 Å². The lowest BCUT2D eigenvalue weighted by atomic mass is 10.8. The van der Waals surface area contributed by atoms with Crippen LogP contribution in [0.25, 0.3) is 0 Å². The van der Waals surface area contributed by atoms with Crippen LogP contribution in [0.2, 0.25) is 0 Å². The fourth-order valence-corrected chi connectivity index (χ4v) is 0. The Labute approximate surface area is 42.8 Å². The maximum absolute atomic E-state index is 7.62. The van der Waals surface area contributed by atoms with Gasteiger partial charge in [0.1, 0.15) is 0 Å². The van der Waals surface area contributed by atoms with Gasteiger partial charge in [0.15, 0.2) is 0 Å². The zero-order chi connectivity index (χ0) is 6.12. The Balaban J connectivity index is 0. The molecule has 0 unspecified atom stereocenters. The van der Waals surface area contributed by atoms with Gasteiger partial charge in [0.2, 0.25) is 0 Å². The first-order valence-electron chi connectivity index (χ1n) is 1.86. The molecule has 0 aliphatic rings. The average Bonchev–Trinajstić information content (AvgIpc) is 1.69. The molecule has 0 heterocycles. The minimum atomic E-state index is -0.125. The highest BCUT2D eigenvalue weighted by Crippen LogP contribution is 1.39. The Hall–Kier alpha value is -0.590. The van der Waals surface area contributed by atoms with E-state index in [1.807, 2.05) is 0 Å². The summed E-state index contributed by atoms with van der Waals surface area (Å²) in [6, 6.07) is 1.75. The molecule has 0 rings (SSSR count). The predicted molar refractivity (Wildman–Crippen MR) is 25.5 cm³/mol. The van der Waals surface area contributed by atoms with Crippen LogP contribution < -0.4 is 0 Å². The molecule has 0 aromatic heterocycles. The lowest BCUT2D eigenvalue weighted by Crippen LogP contribution is -1.85. The van der Waals surface area contributed by atoms with Gasteiger partial charge in [-0.25, -0.2) is 0 Å². The monoisotopic (exact) mass is 103 g/mol. The summed E-state index contributed by atoms with van der Waals surface area (Å²) >= 11 is 0. The molecule has 0 aliphatic heterocycles. The molecular formula is C4H9NO2. The van der Waals surface area contributed by atoms with Crippen molar-refractivity contribution >= 4 is 0 Å². The molecule has 7 heavy (non-hydrogen) atoms. The molecular weight excluding hydrogens is 94.0 g/mol. The van der Waals surface area contributed by atoms with E-state index in [0.717, 1.165) is 0 Å². The highest BCUT2D eigenvalue weighted by atomic mass is 16.3. The third-order valence-corrected chi connectivity index (χ3v) is 0.1000. The molecule has 2 N–H and O–H groups in total. The Kier molecular flexibility index (Phi) is 25.0. The van der Waals surface area contributed by atoms with Gasteiger partial charge in [0.05, 0.1) is 19.3 Å². The normalized spacial score (nSPS) is 5.43. The summed E-state index contributed by atoms with van der Waals surface area (Å²) in [4.78, 5) is 0. The molecule has 3 nitrogen and oxygen atoms in total. The van der Waals surface area contributed by atoms with Gasteiger partial charge in [-0.2, -0.15) is 5.26 Å². The fourth-order valence-electron chi connectivity index (χ4n) is 0. The van der Waals surface area contributed by atoms with Gasteiger partial charge in [-0.05, 0) is 0 Å². The van der Waals surface area contributed by atoms with Crippen molar-refractivity contribution in [3.8, 4) is 6.07 Å². The summed E-state index contributed by atoms with van der Waals surface area (Å²) < 4.78 is 0. The number of hydrogen-bond donors (Lipinski definition) is 2. The SMILES string of the molecule is CC#N.OCCO. The smallest absolute Gasteiger partial charge is 0.0662 e. The molecule has 0 aliphatic carbocycles. The molecule has 42 valence electrons.